The van der Waals surface area contributed by atoms with Crippen LogP contribution in [0.2, 0.25) is 0 Å². The van der Waals surface area contributed by atoms with Crippen LogP contribution < -0.4 is 10.0 Å². The summed E-state index contributed by atoms with van der Waals surface area (Å²) >= 11 is 0. The number of benzene rings is 2. The highest BCUT2D eigenvalue weighted by Crippen LogP contribution is 2.31. The van der Waals surface area contributed by atoms with Gasteiger partial charge in [0.1, 0.15) is 6.04 Å². The van der Waals surface area contributed by atoms with Crippen molar-refractivity contribution in [1.82, 2.24) is 15.2 Å². The second-order valence-electron chi connectivity index (χ2n) is 7.73. The highest BCUT2D eigenvalue weighted by Gasteiger charge is 2.39. The van der Waals surface area contributed by atoms with Crippen molar-refractivity contribution in [2.75, 3.05) is 4.72 Å². The summed E-state index contributed by atoms with van der Waals surface area (Å²) in [6.45, 7) is 0.163. The Kier molecular flexibility index (Phi) is 4.66. The number of hydrogen-bond donors (Lipinski definition) is 2. The Morgan fingerprint density at radius 2 is 1.94 bits per heavy atom. The van der Waals surface area contributed by atoms with Crippen molar-refractivity contribution >= 4 is 44.2 Å². The molecule has 0 aliphatic carbocycles. The van der Waals surface area contributed by atoms with Gasteiger partial charge in [0.2, 0.25) is 11.8 Å². The Bertz CT molecular complexity index is 1400. The van der Waals surface area contributed by atoms with Crippen LogP contribution in [0.3, 0.4) is 0 Å². The van der Waals surface area contributed by atoms with Gasteiger partial charge >= 0.3 is 0 Å². The van der Waals surface area contributed by atoms with E-state index in [2.05, 4.69) is 15.0 Å². The molecule has 0 saturated carbocycles. The van der Waals surface area contributed by atoms with Gasteiger partial charge in [-0.05, 0) is 42.3 Å². The summed E-state index contributed by atoms with van der Waals surface area (Å²) in [4.78, 5) is 42.0. The Labute approximate surface area is 183 Å². The maximum Gasteiger partial charge on any atom is 0.262 e. The number of nitrogens with one attached hydrogen (secondary N) is 2. The van der Waals surface area contributed by atoms with Crippen molar-refractivity contribution in [3.05, 3.63) is 66.0 Å². The first-order valence-corrected chi connectivity index (χ1v) is 11.4. The van der Waals surface area contributed by atoms with Crippen molar-refractivity contribution in [2.45, 2.75) is 30.3 Å². The molecule has 32 heavy (non-hydrogen) atoms. The summed E-state index contributed by atoms with van der Waals surface area (Å²) in [5.41, 5.74) is 1.34. The lowest BCUT2D eigenvalue weighted by Crippen LogP contribution is -2.52. The van der Waals surface area contributed by atoms with E-state index in [-0.39, 0.29) is 36.1 Å². The molecule has 10 heteroatoms. The van der Waals surface area contributed by atoms with Gasteiger partial charge in [-0.3, -0.25) is 29.4 Å². The van der Waals surface area contributed by atoms with Gasteiger partial charge in [-0.2, -0.15) is 0 Å². The summed E-state index contributed by atoms with van der Waals surface area (Å²) in [6.07, 6.45) is 3.56. The molecule has 1 unspecified atom stereocenters. The molecule has 1 aromatic heterocycles. The number of hydrogen-bond acceptors (Lipinski definition) is 6. The van der Waals surface area contributed by atoms with E-state index in [1.807, 2.05) is 0 Å². The van der Waals surface area contributed by atoms with E-state index in [1.165, 1.54) is 23.2 Å². The third-order valence-corrected chi connectivity index (χ3v) is 7.15. The van der Waals surface area contributed by atoms with Gasteiger partial charge in [-0.25, -0.2) is 8.42 Å². The zero-order valence-corrected chi connectivity index (χ0v) is 17.6. The van der Waals surface area contributed by atoms with Crippen LogP contribution >= 0.6 is 0 Å². The molecule has 2 aliphatic heterocycles. The van der Waals surface area contributed by atoms with Crippen LogP contribution in [0.25, 0.3) is 10.8 Å². The number of pyridine rings is 1. The van der Waals surface area contributed by atoms with Crippen molar-refractivity contribution in [1.29, 1.82) is 0 Å². The standard InChI is InChI=1S/C22H18N4O5S/c27-20-7-6-18(21(28)24-20)26-12-14-10-15(4-5-17(14)22(26)29)25-32(30,31)19-3-1-2-13-11-23-9-8-16(13)19/h1-5,8-11,18,25H,6-7,12H2,(H,24,27,28). The van der Waals surface area contributed by atoms with E-state index in [0.29, 0.717) is 27.6 Å². The van der Waals surface area contributed by atoms with Gasteiger partial charge in [0.05, 0.1) is 4.90 Å². The number of piperidine rings is 1. The van der Waals surface area contributed by atoms with Crippen LogP contribution in [-0.4, -0.2) is 42.1 Å². The van der Waals surface area contributed by atoms with Gasteiger partial charge in [0.25, 0.3) is 15.9 Å². The summed E-state index contributed by atoms with van der Waals surface area (Å²) in [5, 5.41) is 3.52. The maximum atomic E-state index is 13.1. The minimum atomic E-state index is -3.90. The number of sulfonamides is 1. The first kappa shape index (κ1) is 20.1. The lowest BCUT2D eigenvalue weighted by Gasteiger charge is -2.29. The first-order chi connectivity index (χ1) is 15.3. The molecule has 1 atom stereocenters. The first-order valence-electron chi connectivity index (χ1n) is 9.97. The third-order valence-electron chi connectivity index (χ3n) is 5.71. The topological polar surface area (TPSA) is 126 Å². The molecule has 9 nitrogen and oxygen atoms in total. The number of nitrogens with zero attached hydrogens (tertiary/aromatic N) is 2. The van der Waals surface area contributed by atoms with Crippen LogP contribution in [0.1, 0.15) is 28.8 Å². The minimum Gasteiger partial charge on any atom is -0.322 e. The van der Waals surface area contributed by atoms with Crippen LogP contribution in [0.5, 0.6) is 0 Å². The third kappa shape index (κ3) is 3.38. The van der Waals surface area contributed by atoms with Crippen LogP contribution in [0, 0.1) is 0 Å². The monoisotopic (exact) mass is 450 g/mol. The highest BCUT2D eigenvalue weighted by molar-refractivity contribution is 7.93. The molecule has 3 amide bonds. The molecule has 2 N–H and O–H groups in total. The molecule has 0 radical (unpaired) electrons. The second-order valence-corrected chi connectivity index (χ2v) is 9.38. The quantitative estimate of drug-likeness (QED) is 0.584. The Morgan fingerprint density at radius 1 is 1.09 bits per heavy atom. The molecule has 0 spiro atoms. The average Bonchev–Trinajstić information content (AvgIpc) is 3.08. The van der Waals surface area contributed by atoms with Gasteiger partial charge < -0.3 is 4.90 Å². The smallest absolute Gasteiger partial charge is 0.262 e. The maximum absolute atomic E-state index is 13.1. The molecule has 5 rings (SSSR count). The van der Waals surface area contributed by atoms with E-state index >= 15 is 0 Å². The summed E-state index contributed by atoms with van der Waals surface area (Å²) in [5.74, 6) is -1.16. The molecular formula is C22H18N4O5S. The summed E-state index contributed by atoms with van der Waals surface area (Å²) in [7, 11) is -3.90. The Hall–Kier alpha value is -3.79. The fraction of sp³-hybridized carbons (Fsp3) is 0.182. The fourth-order valence-corrected chi connectivity index (χ4v) is 5.46. The minimum absolute atomic E-state index is 0.124. The molecule has 2 aliphatic rings. The number of fused-ring (bicyclic) bond motifs is 2. The zero-order valence-electron chi connectivity index (χ0n) is 16.7. The fourth-order valence-electron chi connectivity index (χ4n) is 4.18. The van der Waals surface area contributed by atoms with E-state index in [1.54, 1.807) is 36.5 Å². The number of aromatic nitrogens is 1. The number of imide groups is 1. The van der Waals surface area contributed by atoms with Crippen molar-refractivity contribution < 1.29 is 22.8 Å². The Morgan fingerprint density at radius 3 is 2.75 bits per heavy atom. The SMILES string of the molecule is O=C1CCC(N2Cc3cc(NS(=O)(=O)c4cccc5cnccc45)ccc3C2=O)C(=O)N1. The molecular weight excluding hydrogens is 432 g/mol. The summed E-state index contributed by atoms with van der Waals surface area (Å²) in [6, 6.07) is 10.5. The Balaban J connectivity index is 1.42. The average molecular weight is 450 g/mol. The second kappa shape index (κ2) is 7.41. The van der Waals surface area contributed by atoms with Gasteiger partial charge in [-0.15, -0.1) is 0 Å². The molecule has 162 valence electrons. The van der Waals surface area contributed by atoms with Crippen LogP contribution in [0.15, 0.2) is 59.8 Å². The normalized spacial score (nSPS) is 18.6. The van der Waals surface area contributed by atoms with Gasteiger partial charge in [-0.1, -0.05) is 12.1 Å². The lowest BCUT2D eigenvalue weighted by molar-refractivity contribution is -0.136. The van der Waals surface area contributed by atoms with E-state index in [9.17, 15) is 22.8 Å². The lowest BCUT2D eigenvalue weighted by atomic mass is 10.0. The molecule has 3 heterocycles. The number of carbonyl (C=O) groups is 3. The van der Waals surface area contributed by atoms with Crippen LogP contribution in [-0.2, 0) is 26.2 Å². The number of amides is 3. The van der Waals surface area contributed by atoms with Gasteiger partial charge in [0.15, 0.2) is 0 Å². The van der Waals surface area contributed by atoms with Crippen molar-refractivity contribution in [3.63, 3.8) is 0 Å². The number of rotatable bonds is 4. The predicted octanol–water partition coefficient (Wildman–Crippen LogP) is 1.80. The summed E-state index contributed by atoms with van der Waals surface area (Å²) < 4.78 is 28.7. The van der Waals surface area contributed by atoms with E-state index in [4.69, 9.17) is 0 Å². The van der Waals surface area contributed by atoms with E-state index < -0.39 is 22.0 Å². The number of anilines is 1. The zero-order chi connectivity index (χ0) is 22.5. The largest absolute Gasteiger partial charge is 0.322 e. The predicted molar refractivity (Wildman–Crippen MR) is 115 cm³/mol. The van der Waals surface area contributed by atoms with Crippen molar-refractivity contribution in [3.8, 4) is 0 Å². The molecule has 3 aromatic rings. The molecule has 2 aromatic carbocycles. The van der Waals surface area contributed by atoms with Crippen LogP contribution in [0.4, 0.5) is 5.69 Å². The molecule has 1 saturated heterocycles. The molecule has 0 bridgehead atoms. The van der Waals surface area contributed by atoms with Gasteiger partial charge in [0, 0.05) is 47.4 Å². The molecule has 1 fully saturated rings. The number of carbonyl (C=O) groups excluding carboxylic acids is 3. The van der Waals surface area contributed by atoms with E-state index in [0.717, 1.165) is 0 Å². The highest BCUT2D eigenvalue weighted by atomic mass is 32.2. The van der Waals surface area contributed by atoms with Crippen molar-refractivity contribution in [2.24, 2.45) is 0 Å².